The summed E-state index contributed by atoms with van der Waals surface area (Å²) in [4.78, 5) is 12.0. The number of carbonyl (C=O) groups excluding carboxylic acids is 1. The van der Waals surface area contributed by atoms with E-state index in [1.807, 2.05) is 37.3 Å². The van der Waals surface area contributed by atoms with Gasteiger partial charge in [0.15, 0.2) is 0 Å². The summed E-state index contributed by atoms with van der Waals surface area (Å²) in [5, 5.41) is 6.24. The van der Waals surface area contributed by atoms with Crippen molar-refractivity contribution < 1.29 is 4.79 Å². The van der Waals surface area contributed by atoms with Crippen LogP contribution in [-0.4, -0.2) is 18.0 Å². The minimum Gasteiger partial charge on any atom is -0.350 e. The van der Waals surface area contributed by atoms with E-state index in [0.29, 0.717) is 6.54 Å². The van der Waals surface area contributed by atoms with Gasteiger partial charge >= 0.3 is 0 Å². The molecule has 0 radical (unpaired) electrons. The molecule has 1 aliphatic rings. The van der Waals surface area contributed by atoms with Crippen molar-refractivity contribution in [2.24, 2.45) is 0 Å². The Morgan fingerprint density at radius 2 is 2.19 bits per heavy atom. The van der Waals surface area contributed by atoms with Crippen LogP contribution >= 0.6 is 0 Å². The van der Waals surface area contributed by atoms with Gasteiger partial charge in [-0.1, -0.05) is 30.3 Å². The Morgan fingerprint density at radius 1 is 1.44 bits per heavy atom. The number of benzene rings is 1. The second-order valence-corrected chi connectivity index (χ2v) is 4.53. The lowest BCUT2D eigenvalue weighted by atomic mass is 9.99. The van der Waals surface area contributed by atoms with Gasteiger partial charge in [-0.25, -0.2) is 0 Å². The summed E-state index contributed by atoms with van der Waals surface area (Å²) in [5.74, 6) is 0.105. The van der Waals surface area contributed by atoms with Crippen molar-refractivity contribution >= 4 is 5.91 Å². The average Bonchev–Trinajstić information content (AvgIpc) is 2.76. The maximum atomic E-state index is 12.0. The normalized spacial score (nSPS) is 24.3. The molecule has 3 heteroatoms. The molecule has 0 saturated carbocycles. The van der Waals surface area contributed by atoms with Crippen LogP contribution in [0.1, 0.15) is 25.3 Å². The third-order valence-electron chi connectivity index (χ3n) is 3.17. The van der Waals surface area contributed by atoms with Gasteiger partial charge in [0.05, 0.1) is 5.54 Å². The number of nitrogens with one attached hydrogen (secondary N) is 2. The first kappa shape index (κ1) is 11.1. The number of amides is 1. The molecule has 0 aliphatic carbocycles. The van der Waals surface area contributed by atoms with E-state index in [9.17, 15) is 4.79 Å². The molecule has 0 bridgehead atoms. The molecule has 1 atom stereocenters. The van der Waals surface area contributed by atoms with Gasteiger partial charge in [0, 0.05) is 6.54 Å². The van der Waals surface area contributed by atoms with Crippen LogP contribution in [0.15, 0.2) is 30.3 Å². The summed E-state index contributed by atoms with van der Waals surface area (Å²) in [7, 11) is 0. The lowest BCUT2D eigenvalue weighted by Gasteiger charge is -2.23. The summed E-state index contributed by atoms with van der Waals surface area (Å²) in [5.41, 5.74) is 0.770. The topological polar surface area (TPSA) is 41.1 Å². The lowest BCUT2D eigenvalue weighted by molar-refractivity contribution is -0.126. The molecule has 1 fully saturated rings. The van der Waals surface area contributed by atoms with Crippen LogP contribution in [-0.2, 0) is 11.3 Å². The van der Waals surface area contributed by atoms with Gasteiger partial charge in [0.2, 0.25) is 5.91 Å². The highest BCUT2D eigenvalue weighted by Gasteiger charge is 2.35. The van der Waals surface area contributed by atoms with Crippen LogP contribution < -0.4 is 10.6 Å². The predicted molar refractivity (Wildman–Crippen MR) is 63.9 cm³/mol. The molecule has 1 heterocycles. The highest BCUT2D eigenvalue weighted by atomic mass is 16.2. The van der Waals surface area contributed by atoms with E-state index in [4.69, 9.17) is 0 Å². The van der Waals surface area contributed by atoms with Crippen LogP contribution in [0.4, 0.5) is 0 Å². The molecule has 0 unspecified atom stereocenters. The summed E-state index contributed by atoms with van der Waals surface area (Å²) < 4.78 is 0. The Bertz CT molecular complexity index is 355. The minimum atomic E-state index is -0.366. The standard InChI is InChI=1S/C13H18N2O/c1-13(8-5-9-15-13)12(16)14-10-11-6-3-2-4-7-11/h2-4,6-7,15H,5,8-10H2,1H3,(H,14,16)/t13-/m0/s1. The van der Waals surface area contributed by atoms with Gasteiger partial charge < -0.3 is 10.6 Å². The largest absolute Gasteiger partial charge is 0.350 e. The molecule has 0 spiro atoms. The quantitative estimate of drug-likeness (QED) is 0.806. The number of hydrogen-bond acceptors (Lipinski definition) is 2. The second kappa shape index (κ2) is 4.66. The van der Waals surface area contributed by atoms with Gasteiger partial charge in [0.25, 0.3) is 0 Å². The molecular weight excluding hydrogens is 200 g/mol. The summed E-state index contributed by atoms with van der Waals surface area (Å²) >= 11 is 0. The highest BCUT2D eigenvalue weighted by Crippen LogP contribution is 2.18. The smallest absolute Gasteiger partial charge is 0.240 e. The fourth-order valence-electron chi connectivity index (χ4n) is 2.06. The zero-order chi connectivity index (χ0) is 11.4. The molecule has 3 nitrogen and oxygen atoms in total. The first-order valence-corrected chi connectivity index (χ1v) is 5.78. The molecule has 16 heavy (non-hydrogen) atoms. The van der Waals surface area contributed by atoms with E-state index >= 15 is 0 Å². The third-order valence-corrected chi connectivity index (χ3v) is 3.17. The third kappa shape index (κ3) is 2.42. The van der Waals surface area contributed by atoms with Crippen LogP contribution in [0.5, 0.6) is 0 Å². The van der Waals surface area contributed by atoms with Crippen molar-refractivity contribution in [1.82, 2.24) is 10.6 Å². The second-order valence-electron chi connectivity index (χ2n) is 4.53. The van der Waals surface area contributed by atoms with Crippen molar-refractivity contribution in [2.45, 2.75) is 31.8 Å². The first-order chi connectivity index (χ1) is 7.71. The zero-order valence-electron chi connectivity index (χ0n) is 9.62. The molecule has 1 aliphatic heterocycles. The molecule has 2 rings (SSSR count). The predicted octanol–water partition coefficient (Wildman–Crippen LogP) is 1.44. The Kier molecular flexibility index (Phi) is 3.25. The maximum absolute atomic E-state index is 12.0. The van der Waals surface area contributed by atoms with Crippen molar-refractivity contribution in [3.8, 4) is 0 Å². The van der Waals surface area contributed by atoms with Gasteiger partial charge in [0.1, 0.15) is 0 Å². The molecule has 86 valence electrons. The van der Waals surface area contributed by atoms with Gasteiger partial charge in [-0.3, -0.25) is 4.79 Å². The van der Waals surface area contributed by atoms with E-state index in [0.717, 1.165) is 24.9 Å². The minimum absolute atomic E-state index is 0.105. The molecule has 1 aromatic carbocycles. The van der Waals surface area contributed by atoms with Crippen molar-refractivity contribution in [3.05, 3.63) is 35.9 Å². The molecule has 2 N–H and O–H groups in total. The van der Waals surface area contributed by atoms with Gasteiger partial charge in [-0.15, -0.1) is 0 Å². The van der Waals surface area contributed by atoms with Gasteiger partial charge in [-0.2, -0.15) is 0 Å². The number of carbonyl (C=O) groups is 1. The summed E-state index contributed by atoms with van der Waals surface area (Å²) in [6, 6.07) is 9.98. The Hall–Kier alpha value is -1.35. The van der Waals surface area contributed by atoms with Crippen LogP contribution in [0.3, 0.4) is 0 Å². The molecule has 1 aromatic rings. The van der Waals surface area contributed by atoms with Crippen LogP contribution in [0.25, 0.3) is 0 Å². The zero-order valence-corrected chi connectivity index (χ0v) is 9.62. The van der Waals surface area contributed by atoms with Crippen molar-refractivity contribution in [2.75, 3.05) is 6.54 Å². The monoisotopic (exact) mass is 218 g/mol. The lowest BCUT2D eigenvalue weighted by Crippen LogP contribution is -2.50. The summed E-state index contributed by atoms with van der Waals surface area (Å²) in [6.07, 6.45) is 2.00. The number of hydrogen-bond donors (Lipinski definition) is 2. The molecule has 1 saturated heterocycles. The highest BCUT2D eigenvalue weighted by molar-refractivity contribution is 5.86. The Balaban J connectivity index is 1.89. The Labute approximate surface area is 96.2 Å². The fourth-order valence-corrected chi connectivity index (χ4v) is 2.06. The van der Waals surface area contributed by atoms with Crippen molar-refractivity contribution in [1.29, 1.82) is 0 Å². The van der Waals surface area contributed by atoms with E-state index in [1.165, 1.54) is 0 Å². The molecule has 1 amide bonds. The van der Waals surface area contributed by atoms with Crippen LogP contribution in [0.2, 0.25) is 0 Å². The molecule has 0 aromatic heterocycles. The van der Waals surface area contributed by atoms with E-state index in [-0.39, 0.29) is 11.4 Å². The first-order valence-electron chi connectivity index (χ1n) is 5.78. The fraction of sp³-hybridized carbons (Fsp3) is 0.462. The summed E-state index contributed by atoms with van der Waals surface area (Å²) in [6.45, 7) is 3.52. The van der Waals surface area contributed by atoms with E-state index in [1.54, 1.807) is 0 Å². The van der Waals surface area contributed by atoms with Crippen LogP contribution in [0, 0.1) is 0 Å². The number of rotatable bonds is 3. The SMILES string of the molecule is C[C@@]1(C(=O)NCc2ccccc2)CCCN1. The maximum Gasteiger partial charge on any atom is 0.240 e. The van der Waals surface area contributed by atoms with E-state index in [2.05, 4.69) is 10.6 Å². The Morgan fingerprint density at radius 3 is 2.81 bits per heavy atom. The average molecular weight is 218 g/mol. The van der Waals surface area contributed by atoms with Gasteiger partial charge in [-0.05, 0) is 31.9 Å². The van der Waals surface area contributed by atoms with E-state index < -0.39 is 0 Å². The molecular formula is C13H18N2O. The van der Waals surface area contributed by atoms with Crippen molar-refractivity contribution in [3.63, 3.8) is 0 Å².